The quantitative estimate of drug-likeness (QED) is 0.149. The third-order valence-electron chi connectivity index (χ3n) is 13.1. The molecule has 0 unspecified atom stereocenters. The van der Waals surface area contributed by atoms with E-state index in [1.165, 1.54) is 121 Å². The minimum Gasteiger partial charge on any atom is -0.405 e. The Labute approximate surface area is 339 Å². The molecule has 3 N–H and O–H groups in total. The zero-order valence-electron chi connectivity index (χ0n) is 33.3. The summed E-state index contributed by atoms with van der Waals surface area (Å²) in [4.78, 5) is 3.96. The summed E-state index contributed by atoms with van der Waals surface area (Å²) < 4.78 is 2.56. The normalized spacial score (nSPS) is 13.8. The molecule has 2 aliphatic rings. The Morgan fingerprint density at radius 2 is 1.38 bits per heavy atom. The number of hydrogen-bond donors (Lipinski definition) is 2. The van der Waals surface area contributed by atoms with Crippen molar-refractivity contribution in [2.45, 2.75) is 58.9 Å². The first-order chi connectivity index (χ1) is 28.6. The third kappa shape index (κ3) is 5.26. The SMILES string of the molecule is CC/C=C\c1c(CC)cccc1-c1ccc2[nH]c3c4c5c(cc3c2c1)CCc1cc2c3cc(-c6cccc7ccccc67)ccc3n(C/C=C\C=C/N)c2c(c1-5)CC4. The first kappa shape index (κ1) is 34.7. The first-order valence-electron chi connectivity index (χ1n) is 21.2. The van der Waals surface area contributed by atoms with Crippen LogP contribution in [0.1, 0.15) is 53.6 Å². The number of nitrogens with one attached hydrogen (secondary N) is 1. The minimum absolute atomic E-state index is 0.782. The van der Waals surface area contributed by atoms with Gasteiger partial charge in [-0.3, -0.25) is 0 Å². The minimum atomic E-state index is 0.782. The fraction of sp³-hybridized carbons (Fsp3) is 0.164. The molecule has 11 rings (SSSR count). The summed E-state index contributed by atoms with van der Waals surface area (Å²) in [5.74, 6) is 0. The van der Waals surface area contributed by atoms with Crippen molar-refractivity contribution in [3.05, 3.63) is 173 Å². The van der Waals surface area contributed by atoms with E-state index in [0.717, 1.165) is 45.1 Å². The smallest absolute Gasteiger partial charge is 0.0533 e. The number of benzene rings is 7. The molecule has 0 amide bonds. The predicted molar refractivity (Wildman–Crippen MR) is 249 cm³/mol. The molecule has 2 aliphatic carbocycles. The molecule has 2 heterocycles. The van der Waals surface area contributed by atoms with Crippen LogP contribution in [-0.4, -0.2) is 9.55 Å². The zero-order valence-corrected chi connectivity index (χ0v) is 33.3. The summed E-state index contributed by atoms with van der Waals surface area (Å²) in [7, 11) is 0. The third-order valence-corrected chi connectivity index (χ3v) is 13.1. The van der Waals surface area contributed by atoms with Crippen molar-refractivity contribution in [3.63, 3.8) is 0 Å². The Morgan fingerprint density at radius 1 is 0.638 bits per heavy atom. The molecular formula is C55H47N3. The van der Waals surface area contributed by atoms with Crippen molar-refractivity contribution in [2.75, 3.05) is 0 Å². The van der Waals surface area contributed by atoms with E-state index >= 15 is 0 Å². The van der Waals surface area contributed by atoms with Crippen LogP contribution in [0, 0.1) is 0 Å². The first-order valence-corrected chi connectivity index (χ1v) is 21.2. The van der Waals surface area contributed by atoms with Gasteiger partial charge < -0.3 is 15.3 Å². The molecule has 0 radical (unpaired) electrons. The second-order valence-corrected chi connectivity index (χ2v) is 16.2. The van der Waals surface area contributed by atoms with Gasteiger partial charge in [0.05, 0.1) is 11.0 Å². The number of aromatic amines is 1. The molecule has 282 valence electrons. The van der Waals surface area contributed by atoms with Crippen LogP contribution >= 0.6 is 0 Å². The number of aryl methyl sites for hydroxylation is 5. The molecule has 9 aromatic rings. The summed E-state index contributed by atoms with van der Waals surface area (Å²) in [6.45, 7) is 5.25. The van der Waals surface area contributed by atoms with E-state index in [0.29, 0.717) is 0 Å². The summed E-state index contributed by atoms with van der Waals surface area (Å²) in [6.07, 6.45) is 18.6. The van der Waals surface area contributed by atoms with E-state index in [9.17, 15) is 0 Å². The highest BCUT2D eigenvalue weighted by molar-refractivity contribution is 6.16. The van der Waals surface area contributed by atoms with Crippen LogP contribution in [0.5, 0.6) is 0 Å². The second-order valence-electron chi connectivity index (χ2n) is 16.2. The van der Waals surface area contributed by atoms with Crippen LogP contribution in [0.3, 0.4) is 0 Å². The molecule has 3 heteroatoms. The summed E-state index contributed by atoms with van der Waals surface area (Å²) in [5, 5.41) is 7.96. The number of fused-ring (bicyclic) bond motifs is 9. The molecule has 0 atom stereocenters. The Morgan fingerprint density at radius 3 is 2.24 bits per heavy atom. The molecule has 0 aliphatic heterocycles. The van der Waals surface area contributed by atoms with Gasteiger partial charge in [0.15, 0.2) is 0 Å². The molecule has 7 aromatic carbocycles. The molecule has 0 spiro atoms. The van der Waals surface area contributed by atoms with Gasteiger partial charge in [-0.15, -0.1) is 0 Å². The zero-order chi connectivity index (χ0) is 38.9. The van der Waals surface area contributed by atoms with Crippen molar-refractivity contribution < 1.29 is 0 Å². The van der Waals surface area contributed by atoms with Gasteiger partial charge in [-0.25, -0.2) is 0 Å². The van der Waals surface area contributed by atoms with E-state index in [1.54, 1.807) is 6.20 Å². The van der Waals surface area contributed by atoms with Gasteiger partial charge >= 0.3 is 0 Å². The molecule has 0 bridgehead atoms. The average molecular weight is 750 g/mol. The number of H-pyrrole nitrogens is 1. The highest BCUT2D eigenvalue weighted by atomic mass is 15.0. The maximum absolute atomic E-state index is 5.74. The van der Waals surface area contributed by atoms with Gasteiger partial charge in [0.2, 0.25) is 0 Å². The fourth-order valence-electron chi connectivity index (χ4n) is 10.5. The maximum Gasteiger partial charge on any atom is 0.0533 e. The lowest BCUT2D eigenvalue weighted by Gasteiger charge is -2.31. The van der Waals surface area contributed by atoms with E-state index in [2.05, 4.69) is 157 Å². The van der Waals surface area contributed by atoms with Crippen LogP contribution in [0.25, 0.3) is 93.8 Å². The molecule has 0 saturated heterocycles. The molecule has 0 fully saturated rings. The predicted octanol–water partition coefficient (Wildman–Crippen LogP) is 13.8. The van der Waals surface area contributed by atoms with Crippen LogP contribution in [0.4, 0.5) is 0 Å². The number of nitrogens with two attached hydrogens (primary N) is 1. The number of aromatic nitrogens is 2. The van der Waals surface area contributed by atoms with E-state index < -0.39 is 0 Å². The van der Waals surface area contributed by atoms with Gasteiger partial charge in [0.25, 0.3) is 0 Å². The van der Waals surface area contributed by atoms with Crippen LogP contribution < -0.4 is 5.73 Å². The lowest BCUT2D eigenvalue weighted by atomic mass is 9.74. The number of rotatable bonds is 8. The van der Waals surface area contributed by atoms with Crippen LogP contribution in [-0.2, 0) is 38.6 Å². The van der Waals surface area contributed by atoms with Crippen LogP contribution in [0.15, 0.2) is 140 Å². The van der Waals surface area contributed by atoms with Gasteiger partial charge in [-0.1, -0.05) is 111 Å². The Hall–Kier alpha value is -6.58. The average Bonchev–Trinajstić information content (AvgIpc) is 3.80. The van der Waals surface area contributed by atoms with Gasteiger partial charge in [-0.2, -0.15) is 0 Å². The van der Waals surface area contributed by atoms with Crippen LogP contribution in [0.2, 0.25) is 0 Å². The lowest BCUT2D eigenvalue weighted by Crippen LogP contribution is -2.15. The van der Waals surface area contributed by atoms with E-state index in [1.807, 2.05) is 6.08 Å². The molecule has 2 aromatic heterocycles. The largest absolute Gasteiger partial charge is 0.405 e. The standard InChI is InChI=1S/C55H47N3/c1-3-5-16-40-34(4-2)14-11-18-42(40)36-22-26-50-46(30-36)48-32-38-20-21-39-33-49-47-31-37(43-19-12-15-35-13-7-8-17-41(35)43)23-27-51(47)58(29-10-6-9-28-56)55(49)45-25-24-44(54(48)57-50)52(38)53(39)45/h5-19,22-23,26-28,30-33,57H,3-4,20-21,24-25,29,56H2,1-2H3/b10-6-,16-5-,28-9-. The van der Waals surface area contributed by atoms with E-state index in [-0.39, 0.29) is 0 Å². The molecule has 0 saturated carbocycles. The van der Waals surface area contributed by atoms with Crippen molar-refractivity contribution >= 4 is 60.5 Å². The lowest BCUT2D eigenvalue weighted by molar-refractivity contribution is 0.859. The molecular weight excluding hydrogens is 703 g/mol. The number of nitrogens with zero attached hydrogens (tertiary/aromatic N) is 1. The highest BCUT2D eigenvalue weighted by Crippen LogP contribution is 2.50. The number of allylic oxidation sites excluding steroid dienone is 4. The monoisotopic (exact) mass is 749 g/mol. The summed E-state index contributed by atoms with van der Waals surface area (Å²) in [5.41, 5.74) is 27.8. The van der Waals surface area contributed by atoms with Crippen molar-refractivity contribution in [1.82, 2.24) is 9.55 Å². The Kier molecular flexibility index (Phi) is 8.25. The van der Waals surface area contributed by atoms with Crippen molar-refractivity contribution in [3.8, 4) is 33.4 Å². The van der Waals surface area contributed by atoms with Gasteiger partial charge in [0.1, 0.15) is 0 Å². The maximum atomic E-state index is 5.74. The fourth-order valence-corrected chi connectivity index (χ4v) is 10.5. The number of hydrogen-bond acceptors (Lipinski definition) is 1. The highest BCUT2D eigenvalue weighted by Gasteiger charge is 2.31. The van der Waals surface area contributed by atoms with Crippen molar-refractivity contribution in [2.24, 2.45) is 5.73 Å². The summed E-state index contributed by atoms with van der Waals surface area (Å²) >= 11 is 0. The van der Waals surface area contributed by atoms with Gasteiger partial charge in [-0.05, 0) is 165 Å². The Balaban J connectivity index is 1.11. The second kappa shape index (κ2) is 13.8. The molecule has 3 nitrogen and oxygen atoms in total. The molecule has 58 heavy (non-hydrogen) atoms. The Bertz CT molecular complexity index is 3230. The van der Waals surface area contributed by atoms with Crippen molar-refractivity contribution in [1.29, 1.82) is 0 Å². The van der Waals surface area contributed by atoms with Gasteiger partial charge in [0, 0.05) is 39.1 Å². The van der Waals surface area contributed by atoms with E-state index in [4.69, 9.17) is 5.73 Å². The topological polar surface area (TPSA) is 46.7 Å². The summed E-state index contributed by atoms with van der Waals surface area (Å²) in [6, 6.07) is 41.5.